The molecule has 0 heterocycles. The summed E-state index contributed by atoms with van der Waals surface area (Å²) in [5.41, 5.74) is -0.464. The number of amides is 1. The molecule has 23 heavy (non-hydrogen) atoms. The van der Waals surface area contributed by atoms with Gasteiger partial charge in [0.2, 0.25) is 0 Å². The Morgan fingerprint density at radius 1 is 1.00 bits per heavy atom. The Kier molecular flexibility index (Phi) is 13.1. The van der Waals surface area contributed by atoms with Crippen LogP contribution in [0.5, 0.6) is 0 Å². The van der Waals surface area contributed by atoms with Crippen LogP contribution in [0, 0.1) is 0 Å². The minimum atomic E-state index is -0.464. The maximum atomic E-state index is 12.2. The van der Waals surface area contributed by atoms with Gasteiger partial charge in [0.1, 0.15) is 5.60 Å². The first-order valence-electron chi connectivity index (χ1n) is 9.08. The second-order valence-corrected chi connectivity index (χ2v) is 6.98. The molecule has 1 amide bonds. The fourth-order valence-corrected chi connectivity index (χ4v) is 2.19. The van der Waals surface area contributed by atoms with Crippen LogP contribution in [0.25, 0.3) is 0 Å². The number of unbranched alkanes of at least 4 members (excludes halogenated alkanes) is 5. The molecule has 0 unspecified atom stereocenters. The van der Waals surface area contributed by atoms with Gasteiger partial charge in [-0.2, -0.15) is 0 Å². The predicted octanol–water partition coefficient (Wildman–Crippen LogP) is 3.82. The van der Waals surface area contributed by atoms with E-state index in [0.29, 0.717) is 19.7 Å². The molecule has 0 atom stereocenters. The lowest BCUT2D eigenvalue weighted by Gasteiger charge is -2.27. The average molecular weight is 331 g/mol. The van der Waals surface area contributed by atoms with Crippen molar-refractivity contribution in [3.8, 4) is 0 Å². The van der Waals surface area contributed by atoms with Gasteiger partial charge in [-0.15, -0.1) is 0 Å². The number of rotatable bonds is 13. The molecular weight excluding hydrogens is 292 g/mol. The Balaban J connectivity index is 3.86. The summed E-state index contributed by atoms with van der Waals surface area (Å²) >= 11 is 0. The van der Waals surface area contributed by atoms with Crippen LogP contribution >= 0.6 is 0 Å². The van der Waals surface area contributed by atoms with Crippen molar-refractivity contribution in [1.29, 1.82) is 0 Å². The number of nitrogens with zero attached hydrogens (tertiary/aromatic N) is 1. The van der Waals surface area contributed by atoms with E-state index in [1.54, 1.807) is 12.0 Å². The van der Waals surface area contributed by atoms with Crippen molar-refractivity contribution in [2.24, 2.45) is 0 Å². The molecule has 0 bridgehead atoms. The van der Waals surface area contributed by atoms with E-state index in [1.807, 2.05) is 20.8 Å². The van der Waals surface area contributed by atoms with Crippen LogP contribution in [-0.4, -0.2) is 56.5 Å². The van der Waals surface area contributed by atoms with Gasteiger partial charge in [0.15, 0.2) is 0 Å². The van der Waals surface area contributed by atoms with Gasteiger partial charge in [0.25, 0.3) is 0 Å². The molecule has 0 aromatic carbocycles. The maximum absolute atomic E-state index is 12.2. The Hall–Kier alpha value is -0.810. The number of nitrogens with one attached hydrogen (secondary N) is 1. The summed E-state index contributed by atoms with van der Waals surface area (Å²) in [4.78, 5) is 13.9. The molecule has 0 saturated carbocycles. The van der Waals surface area contributed by atoms with E-state index in [4.69, 9.17) is 9.47 Å². The summed E-state index contributed by atoms with van der Waals surface area (Å²) in [6, 6.07) is 0. The van der Waals surface area contributed by atoms with Crippen LogP contribution < -0.4 is 5.32 Å². The molecule has 0 fully saturated rings. The van der Waals surface area contributed by atoms with E-state index in [0.717, 1.165) is 13.1 Å². The third-order valence-corrected chi connectivity index (χ3v) is 3.48. The van der Waals surface area contributed by atoms with E-state index in [9.17, 15) is 4.79 Å². The summed E-state index contributed by atoms with van der Waals surface area (Å²) in [7, 11) is 1.64. The van der Waals surface area contributed by atoms with Gasteiger partial charge < -0.3 is 19.7 Å². The van der Waals surface area contributed by atoms with Gasteiger partial charge in [0, 0.05) is 26.7 Å². The fourth-order valence-electron chi connectivity index (χ4n) is 2.19. The zero-order chi connectivity index (χ0) is 17.6. The smallest absolute Gasteiger partial charge is 0.410 e. The van der Waals surface area contributed by atoms with Crippen molar-refractivity contribution in [1.82, 2.24) is 10.2 Å². The number of hydrogen-bond acceptors (Lipinski definition) is 4. The molecule has 0 radical (unpaired) electrons. The Morgan fingerprint density at radius 2 is 1.65 bits per heavy atom. The highest BCUT2D eigenvalue weighted by molar-refractivity contribution is 5.68. The highest BCUT2D eigenvalue weighted by Gasteiger charge is 2.21. The van der Waals surface area contributed by atoms with E-state index >= 15 is 0 Å². The highest BCUT2D eigenvalue weighted by atomic mass is 16.6. The van der Waals surface area contributed by atoms with E-state index < -0.39 is 5.60 Å². The van der Waals surface area contributed by atoms with Crippen molar-refractivity contribution in [3.05, 3.63) is 0 Å². The largest absolute Gasteiger partial charge is 0.444 e. The molecule has 0 saturated heterocycles. The lowest BCUT2D eigenvalue weighted by molar-refractivity contribution is 0.0204. The maximum Gasteiger partial charge on any atom is 0.410 e. The molecular formula is C18H38N2O3. The Morgan fingerprint density at radius 3 is 2.26 bits per heavy atom. The second kappa shape index (κ2) is 13.6. The number of carbonyl (C=O) groups excluding carboxylic acids is 1. The van der Waals surface area contributed by atoms with Crippen molar-refractivity contribution in [3.63, 3.8) is 0 Å². The van der Waals surface area contributed by atoms with Crippen molar-refractivity contribution < 1.29 is 14.3 Å². The first-order chi connectivity index (χ1) is 10.9. The molecule has 5 heteroatoms. The van der Waals surface area contributed by atoms with Crippen LogP contribution in [0.1, 0.15) is 66.2 Å². The SMILES string of the molecule is CCCCCCCCNCCN(CCOC)C(=O)OC(C)(C)C. The third-order valence-electron chi connectivity index (χ3n) is 3.48. The minimum Gasteiger partial charge on any atom is -0.444 e. The van der Waals surface area contributed by atoms with E-state index in [1.165, 1.54) is 38.5 Å². The molecule has 0 aliphatic rings. The standard InChI is InChI=1S/C18H38N2O3/c1-6-7-8-9-10-11-12-19-13-14-20(15-16-22-5)17(21)23-18(2,3)4/h19H,6-16H2,1-5H3. The van der Waals surface area contributed by atoms with E-state index in [-0.39, 0.29) is 6.09 Å². The second-order valence-electron chi connectivity index (χ2n) is 6.98. The summed E-state index contributed by atoms with van der Waals surface area (Å²) in [6.45, 7) is 11.4. The quantitative estimate of drug-likeness (QED) is 0.522. The highest BCUT2D eigenvalue weighted by Crippen LogP contribution is 2.09. The monoisotopic (exact) mass is 330 g/mol. The van der Waals surface area contributed by atoms with Crippen molar-refractivity contribution in [2.45, 2.75) is 71.8 Å². The number of methoxy groups -OCH3 is 1. The fraction of sp³-hybridized carbons (Fsp3) is 0.944. The first kappa shape index (κ1) is 22.2. The predicted molar refractivity (Wildman–Crippen MR) is 95.9 cm³/mol. The zero-order valence-electron chi connectivity index (χ0n) is 16.0. The summed E-state index contributed by atoms with van der Waals surface area (Å²) in [6.07, 6.45) is 7.53. The Labute approximate surface area is 143 Å². The van der Waals surface area contributed by atoms with Crippen LogP contribution in [0.2, 0.25) is 0 Å². The molecule has 0 aliphatic carbocycles. The average Bonchev–Trinajstić information content (AvgIpc) is 2.46. The molecule has 0 aromatic heterocycles. The Bertz CT molecular complexity index is 290. The molecule has 0 rings (SSSR count). The number of carbonyl (C=O) groups is 1. The molecule has 5 nitrogen and oxygen atoms in total. The van der Waals surface area contributed by atoms with Gasteiger partial charge in [0.05, 0.1) is 6.61 Å². The molecule has 0 aromatic rings. The van der Waals surface area contributed by atoms with Crippen molar-refractivity contribution in [2.75, 3.05) is 39.9 Å². The topological polar surface area (TPSA) is 50.8 Å². The van der Waals surface area contributed by atoms with Gasteiger partial charge in [-0.3, -0.25) is 0 Å². The normalized spacial score (nSPS) is 11.5. The van der Waals surface area contributed by atoms with Crippen LogP contribution in [-0.2, 0) is 9.47 Å². The number of hydrogen-bond donors (Lipinski definition) is 1. The van der Waals surface area contributed by atoms with Crippen LogP contribution in [0.15, 0.2) is 0 Å². The zero-order valence-corrected chi connectivity index (χ0v) is 16.0. The van der Waals surface area contributed by atoms with Gasteiger partial charge in [-0.25, -0.2) is 4.79 Å². The molecule has 0 aliphatic heterocycles. The molecule has 0 spiro atoms. The van der Waals surface area contributed by atoms with Gasteiger partial charge in [-0.05, 0) is 33.7 Å². The number of ether oxygens (including phenoxy) is 2. The first-order valence-corrected chi connectivity index (χ1v) is 9.08. The minimum absolute atomic E-state index is 0.268. The summed E-state index contributed by atoms with van der Waals surface area (Å²) in [5.74, 6) is 0. The van der Waals surface area contributed by atoms with E-state index in [2.05, 4.69) is 12.2 Å². The third kappa shape index (κ3) is 14.5. The van der Waals surface area contributed by atoms with Crippen LogP contribution in [0.3, 0.4) is 0 Å². The lowest BCUT2D eigenvalue weighted by atomic mass is 10.1. The van der Waals surface area contributed by atoms with Gasteiger partial charge >= 0.3 is 6.09 Å². The van der Waals surface area contributed by atoms with Crippen LogP contribution in [0.4, 0.5) is 4.79 Å². The van der Waals surface area contributed by atoms with Gasteiger partial charge in [-0.1, -0.05) is 39.0 Å². The molecule has 138 valence electrons. The summed E-state index contributed by atoms with van der Waals surface area (Å²) < 4.78 is 10.5. The summed E-state index contributed by atoms with van der Waals surface area (Å²) in [5, 5.41) is 3.41. The lowest BCUT2D eigenvalue weighted by Crippen LogP contribution is -2.42. The van der Waals surface area contributed by atoms with Crippen molar-refractivity contribution >= 4 is 6.09 Å². The molecule has 1 N–H and O–H groups in total.